The Balaban J connectivity index is 1.70. The molecule has 0 radical (unpaired) electrons. The summed E-state index contributed by atoms with van der Waals surface area (Å²) in [5, 5.41) is 2.56. The molecule has 1 amide bonds. The molecule has 142 valence electrons. The fourth-order valence-corrected chi connectivity index (χ4v) is 4.99. The Hall–Kier alpha value is -2.90. The molecular formula is C20H14ClFN2O3S. The number of hydrogen-bond acceptors (Lipinski definition) is 4. The smallest absolute Gasteiger partial charge is 0.244 e. The van der Waals surface area contributed by atoms with Gasteiger partial charge in [-0.15, -0.1) is 0 Å². The third kappa shape index (κ3) is 3.12. The highest BCUT2D eigenvalue weighted by atomic mass is 35.5. The Morgan fingerprint density at radius 2 is 1.54 bits per heavy atom. The lowest BCUT2D eigenvalue weighted by Crippen LogP contribution is -2.33. The number of carbonyl (C=O) groups is 1. The van der Waals surface area contributed by atoms with Crippen LogP contribution in [-0.4, -0.2) is 20.9 Å². The molecule has 4 rings (SSSR count). The molecule has 28 heavy (non-hydrogen) atoms. The molecule has 1 aliphatic heterocycles. The molecule has 8 heteroatoms. The molecule has 0 unspecified atom stereocenters. The Bertz CT molecular complexity index is 1140. The molecule has 3 aromatic carbocycles. The predicted octanol–water partition coefficient (Wildman–Crippen LogP) is 4.40. The third-order valence-electron chi connectivity index (χ3n) is 4.40. The van der Waals surface area contributed by atoms with Crippen LogP contribution in [0, 0.1) is 5.82 Å². The van der Waals surface area contributed by atoms with E-state index in [1.54, 1.807) is 41.3 Å². The van der Waals surface area contributed by atoms with Gasteiger partial charge in [0.25, 0.3) is 0 Å². The van der Waals surface area contributed by atoms with E-state index in [4.69, 9.17) is 11.6 Å². The van der Waals surface area contributed by atoms with Gasteiger partial charge in [0.15, 0.2) is 0 Å². The molecule has 0 saturated heterocycles. The second kappa shape index (κ2) is 6.92. The maximum Gasteiger partial charge on any atom is 0.244 e. The standard InChI is InChI=1S/C20H14ClFN2O3S/c21-14-11-13(9-10-15(14)22)23-20(25)12-24-16-5-1-3-7-18(16)28(26,27)19-8-4-2-6-17(19)24/h1-11H,12H2,(H,23,25). The van der Waals surface area contributed by atoms with Crippen LogP contribution in [0.1, 0.15) is 0 Å². The van der Waals surface area contributed by atoms with E-state index in [0.717, 1.165) is 6.07 Å². The quantitative estimate of drug-likeness (QED) is 0.687. The summed E-state index contributed by atoms with van der Waals surface area (Å²) in [5.74, 6) is -0.977. The van der Waals surface area contributed by atoms with Crippen LogP contribution < -0.4 is 10.2 Å². The predicted molar refractivity (Wildman–Crippen MR) is 105 cm³/mol. The largest absolute Gasteiger partial charge is 0.330 e. The molecule has 0 bridgehead atoms. The maximum absolute atomic E-state index is 13.3. The van der Waals surface area contributed by atoms with Gasteiger partial charge in [0.1, 0.15) is 12.4 Å². The number of benzene rings is 3. The van der Waals surface area contributed by atoms with Crippen molar-refractivity contribution >= 4 is 44.4 Å². The number of hydrogen-bond donors (Lipinski definition) is 1. The molecule has 0 spiro atoms. The Morgan fingerprint density at radius 3 is 2.11 bits per heavy atom. The topological polar surface area (TPSA) is 66.5 Å². The van der Waals surface area contributed by atoms with Crippen molar-refractivity contribution < 1.29 is 17.6 Å². The number of rotatable bonds is 3. The van der Waals surface area contributed by atoms with Crippen LogP contribution in [0.25, 0.3) is 0 Å². The lowest BCUT2D eigenvalue weighted by atomic mass is 10.2. The normalized spacial score (nSPS) is 14.1. The van der Waals surface area contributed by atoms with Crippen LogP contribution in [0.5, 0.6) is 0 Å². The van der Waals surface area contributed by atoms with Crippen molar-refractivity contribution in [2.45, 2.75) is 9.79 Å². The van der Waals surface area contributed by atoms with Crippen molar-refractivity contribution in [1.29, 1.82) is 0 Å². The number of halogens is 2. The summed E-state index contributed by atoms with van der Waals surface area (Å²) in [4.78, 5) is 14.6. The van der Waals surface area contributed by atoms with E-state index < -0.39 is 21.6 Å². The van der Waals surface area contributed by atoms with Crippen molar-refractivity contribution in [2.24, 2.45) is 0 Å². The molecule has 0 aromatic heterocycles. The average Bonchev–Trinajstić information content (AvgIpc) is 2.68. The number of sulfone groups is 1. The van der Waals surface area contributed by atoms with Gasteiger partial charge in [-0.05, 0) is 42.5 Å². The van der Waals surface area contributed by atoms with E-state index in [-0.39, 0.29) is 21.4 Å². The van der Waals surface area contributed by atoms with E-state index in [1.807, 2.05) is 0 Å². The van der Waals surface area contributed by atoms with Gasteiger partial charge in [0, 0.05) is 5.69 Å². The van der Waals surface area contributed by atoms with Gasteiger partial charge in [-0.25, -0.2) is 12.8 Å². The van der Waals surface area contributed by atoms with E-state index in [0.29, 0.717) is 17.1 Å². The van der Waals surface area contributed by atoms with E-state index in [2.05, 4.69) is 5.32 Å². The van der Waals surface area contributed by atoms with Crippen LogP contribution in [0.2, 0.25) is 5.02 Å². The number of nitrogens with one attached hydrogen (secondary N) is 1. The minimum Gasteiger partial charge on any atom is -0.330 e. The number of carbonyl (C=O) groups excluding carboxylic acids is 1. The summed E-state index contributed by atoms with van der Waals surface area (Å²) in [6.45, 7) is -0.126. The lowest BCUT2D eigenvalue weighted by Gasteiger charge is -2.32. The molecule has 0 saturated carbocycles. The first-order valence-corrected chi connectivity index (χ1v) is 10.2. The minimum atomic E-state index is -3.67. The summed E-state index contributed by atoms with van der Waals surface area (Å²) in [6, 6.07) is 17.0. The van der Waals surface area contributed by atoms with Gasteiger partial charge < -0.3 is 10.2 Å². The van der Waals surface area contributed by atoms with Gasteiger partial charge in [0.2, 0.25) is 15.7 Å². The van der Waals surface area contributed by atoms with E-state index in [1.165, 1.54) is 24.3 Å². The van der Waals surface area contributed by atoms with Crippen LogP contribution >= 0.6 is 11.6 Å². The summed E-state index contributed by atoms with van der Waals surface area (Å²) >= 11 is 5.75. The Morgan fingerprint density at radius 1 is 0.964 bits per heavy atom. The fourth-order valence-electron chi connectivity index (χ4n) is 3.15. The first-order valence-electron chi connectivity index (χ1n) is 8.33. The van der Waals surface area contributed by atoms with Crippen LogP contribution in [0.3, 0.4) is 0 Å². The molecule has 0 atom stereocenters. The van der Waals surface area contributed by atoms with Crippen molar-refractivity contribution in [3.63, 3.8) is 0 Å². The fraction of sp³-hybridized carbons (Fsp3) is 0.0500. The second-order valence-corrected chi connectivity index (χ2v) is 8.50. The third-order valence-corrected chi connectivity index (χ3v) is 6.53. The number of amides is 1. The lowest BCUT2D eigenvalue weighted by molar-refractivity contribution is -0.114. The first-order chi connectivity index (χ1) is 13.4. The van der Waals surface area contributed by atoms with Crippen LogP contribution in [0.4, 0.5) is 21.5 Å². The van der Waals surface area contributed by atoms with Crippen LogP contribution in [-0.2, 0) is 14.6 Å². The molecule has 5 nitrogen and oxygen atoms in total. The zero-order valence-electron chi connectivity index (χ0n) is 14.4. The van der Waals surface area contributed by atoms with Crippen molar-refractivity contribution in [2.75, 3.05) is 16.8 Å². The molecule has 1 N–H and O–H groups in total. The zero-order valence-corrected chi connectivity index (χ0v) is 16.0. The number of nitrogens with zero attached hydrogens (tertiary/aromatic N) is 1. The second-order valence-electron chi connectivity index (χ2n) is 6.20. The zero-order chi connectivity index (χ0) is 19.9. The van der Waals surface area contributed by atoms with E-state index >= 15 is 0 Å². The minimum absolute atomic E-state index is 0.0995. The summed E-state index contributed by atoms with van der Waals surface area (Å²) in [6.07, 6.45) is 0. The van der Waals surface area contributed by atoms with Gasteiger partial charge in [-0.1, -0.05) is 35.9 Å². The molecule has 1 heterocycles. The van der Waals surface area contributed by atoms with Gasteiger partial charge >= 0.3 is 0 Å². The first kappa shape index (κ1) is 18.5. The highest BCUT2D eigenvalue weighted by molar-refractivity contribution is 7.92. The summed E-state index contributed by atoms with van der Waals surface area (Å²) in [7, 11) is -3.67. The SMILES string of the molecule is O=C(CN1c2ccccc2S(=O)(=O)c2ccccc21)Nc1ccc(F)c(Cl)c1. The van der Waals surface area contributed by atoms with Crippen molar-refractivity contribution in [1.82, 2.24) is 0 Å². The highest BCUT2D eigenvalue weighted by Gasteiger charge is 2.34. The van der Waals surface area contributed by atoms with Gasteiger partial charge in [-0.2, -0.15) is 0 Å². The number of para-hydroxylation sites is 2. The Kier molecular flexibility index (Phi) is 4.56. The summed E-state index contributed by atoms with van der Waals surface area (Å²) < 4.78 is 39.1. The maximum atomic E-state index is 13.3. The Labute approximate surface area is 166 Å². The van der Waals surface area contributed by atoms with Gasteiger partial charge in [0.05, 0.1) is 26.2 Å². The number of anilines is 3. The molecule has 0 fully saturated rings. The molecule has 0 aliphatic carbocycles. The highest BCUT2D eigenvalue weighted by Crippen LogP contribution is 2.43. The monoisotopic (exact) mass is 416 g/mol. The van der Waals surface area contributed by atoms with Gasteiger partial charge in [-0.3, -0.25) is 4.79 Å². The van der Waals surface area contributed by atoms with Crippen LogP contribution in [0.15, 0.2) is 76.5 Å². The van der Waals surface area contributed by atoms with Crippen molar-refractivity contribution in [3.8, 4) is 0 Å². The van der Waals surface area contributed by atoms with Crippen molar-refractivity contribution in [3.05, 3.63) is 77.6 Å². The average molecular weight is 417 g/mol. The van der Waals surface area contributed by atoms with E-state index in [9.17, 15) is 17.6 Å². The molecule has 3 aromatic rings. The summed E-state index contributed by atoms with van der Waals surface area (Å²) in [5.41, 5.74) is 1.20. The molecule has 1 aliphatic rings. The number of fused-ring (bicyclic) bond motifs is 2. The molecular weight excluding hydrogens is 403 g/mol.